The van der Waals surface area contributed by atoms with Crippen LogP contribution < -0.4 is 0 Å². The Balaban J connectivity index is -0.000000468. The number of carbonyl (C=O) groups excluding carboxylic acids is 1. The molecule has 0 amide bonds. The van der Waals surface area contributed by atoms with Crippen molar-refractivity contribution in [3.8, 4) is 0 Å². The van der Waals surface area contributed by atoms with Gasteiger partial charge in [0.15, 0.2) is 0 Å². The van der Waals surface area contributed by atoms with Gasteiger partial charge in [0.2, 0.25) is 0 Å². The third-order valence-electron chi connectivity index (χ3n) is 1.73. The van der Waals surface area contributed by atoms with E-state index in [1.54, 1.807) is 6.92 Å². The maximum Gasteiger partial charge on any atom is 0.341 e. The molecule has 1 N–H and O–H groups in total. The van der Waals surface area contributed by atoms with Crippen molar-refractivity contribution < 1.29 is 52.1 Å². The summed E-state index contributed by atoms with van der Waals surface area (Å²) in [4.78, 5) is 11.3. The molecular weight excluding hydrogens is 321 g/mol. The maximum atomic E-state index is 11.3. The summed E-state index contributed by atoms with van der Waals surface area (Å²) in [5.41, 5.74) is 1.19. The van der Waals surface area contributed by atoms with Gasteiger partial charge >= 0.3 is 5.97 Å². The second kappa shape index (κ2) is 15.4. The van der Waals surface area contributed by atoms with Crippen LogP contribution >= 0.6 is 0 Å². The Labute approximate surface area is 140 Å². The fourth-order valence-electron chi connectivity index (χ4n) is 1.08. The zero-order valence-corrected chi connectivity index (χ0v) is 14.8. The summed E-state index contributed by atoms with van der Waals surface area (Å²) in [5, 5.41) is 7.57. The molecule has 4 nitrogen and oxygen atoms in total. The van der Waals surface area contributed by atoms with E-state index in [1.165, 1.54) is 20.5 Å². The smallest absolute Gasteiger partial charge is 0.341 e. The van der Waals surface area contributed by atoms with Crippen LogP contribution in [0.3, 0.4) is 0 Å². The molecule has 0 saturated carbocycles. The number of carbonyl (C=O) groups is 1. The first kappa shape index (κ1) is 23.4. The fourth-order valence-corrected chi connectivity index (χ4v) is 1.08. The van der Waals surface area contributed by atoms with Gasteiger partial charge in [-0.1, -0.05) is 30.3 Å². The predicted molar refractivity (Wildman–Crippen MR) is 72.6 cm³/mol. The Morgan fingerprint density at radius 2 is 1.74 bits per heavy atom. The topological polar surface area (TPSA) is 55.8 Å². The van der Waals surface area contributed by atoms with Crippen molar-refractivity contribution in [2.45, 2.75) is 6.92 Å². The number of hydrogen-bond donors (Lipinski definition) is 1. The van der Waals surface area contributed by atoms with Crippen LogP contribution in [0.25, 0.3) is 5.57 Å². The molecule has 1 aromatic rings. The van der Waals surface area contributed by atoms with E-state index in [0.717, 1.165) is 5.56 Å². The summed E-state index contributed by atoms with van der Waals surface area (Å²) in [6, 6.07) is 9.22. The third kappa shape index (κ3) is 9.82. The van der Waals surface area contributed by atoms with Gasteiger partial charge in [-0.2, -0.15) is 0 Å². The molecule has 0 unspecified atom stereocenters. The molecule has 0 aromatic heterocycles. The number of ether oxygens (including phenoxy) is 2. The van der Waals surface area contributed by atoms with Crippen LogP contribution in [0.5, 0.6) is 0 Å². The van der Waals surface area contributed by atoms with Crippen LogP contribution in [0.1, 0.15) is 12.5 Å². The molecule has 5 heteroatoms. The zero-order chi connectivity index (χ0) is 13.1. The second-order valence-corrected chi connectivity index (χ2v) is 2.94. The van der Waals surface area contributed by atoms with Gasteiger partial charge < -0.3 is 22.0 Å². The third-order valence-corrected chi connectivity index (χ3v) is 1.73. The molecule has 0 fully saturated rings. The molecule has 0 aliphatic heterocycles. The number of methoxy groups -OCH3 is 2. The van der Waals surface area contributed by atoms with Crippen molar-refractivity contribution in [2.24, 2.45) is 0 Å². The largest absolute Gasteiger partial charge is 0.503 e. The van der Waals surface area contributed by atoms with Crippen molar-refractivity contribution in [1.82, 2.24) is 0 Å². The van der Waals surface area contributed by atoms with Crippen LogP contribution in [0.2, 0.25) is 0 Å². The van der Waals surface area contributed by atoms with Gasteiger partial charge in [0.1, 0.15) is 5.57 Å². The minimum absolute atomic E-state index is 0. The molecule has 1 aromatic carbocycles. The Hall–Kier alpha value is -0.706. The summed E-state index contributed by atoms with van der Waals surface area (Å²) in [7, 11) is 2.83. The van der Waals surface area contributed by atoms with Gasteiger partial charge in [0.05, 0.1) is 20.5 Å². The summed E-state index contributed by atoms with van der Waals surface area (Å²) in [5.74, 6) is -0.405. The van der Waals surface area contributed by atoms with Crippen molar-refractivity contribution in [1.29, 1.82) is 0 Å². The number of rotatable bonds is 3. The van der Waals surface area contributed by atoms with E-state index in [2.05, 4.69) is 4.74 Å². The van der Waals surface area contributed by atoms with E-state index < -0.39 is 5.97 Å². The quantitative estimate of drug-likeness (QED) is 0.396. The number of esters is 1. The van der Waals surface area contributed by atoms with Crippen molar-refractivity contribution in [2.75, 3.05) is 20.8 Å². The second-order valence-electron chi connectivity index (χ2n) is 2.94. The van der Waals surface area contributed by atoms with Gasteiger partial charge in [-0.3, -0.25) is 0 Å². The van der Waals surface area contributed by atoms with Crippen LogP contribution in [0.4, 0.5) is 0 Å². The first-order chi connectivity index (χ1) is 8.21. The number of aliphatic hydroxyl groups is 1. The van der Waals surface area contributed by atoms with E-state index in [1.807, 2.05) is 30.3 Å². The zero-order valence-electron chi connectivity index (χ0n) is 11.9. The van der Waals surface area contributed by atoms with Gasteiger partial charge in [0.25, 0.3) is 0 Å². The molecule has 1 radical (unpaired) electrons. The van der Waals surface area contributed by atoms with Gasteiger partial charge in [-0.05, 0) is 12.5 Å². The monoisotopic (exact) mass is 342 g/mol. The summed E-state index contributed by atoms with van der Waals surface area (Å²) in [6.07, 6.45) is 1.38. The van der Waals surface area contributed by atoms with Crippen molar-refractivity contribution >= 4 is 11.5 Å². The van der Waals surface area contributed by atoms with E-state index in [4.69, 9.17) is 9.84 Å². The standard InChI is InChI=1S/C11H12O3.C2H6O.CH3.Y/c1-13-8-10(11(12)14-2)9-6-4-3-5-7-9;1-2-3;;/h3-8H,1-2H3;3H,2H2,1H3;1H3;/q;;-1;. The Kier molecular flexibility index (Phi) is 18.9. The molecule has 0 aliphatic carbocycles. The fraction of sp³-hybridized carbons (Fsp3) is 0.286. The molecule has 1 rings (SSSR count). The molecule has 0 atom stereocenters. The van der Waals surface area contributed by atoms with Crippen LogP contribution in [0, 0.1) is 7.43 Å². The predicted octanol–water partition coefficient (Wildman–Crippen LogP) is 2.29. The van der Waals surface area contributed by atoms with Gasteiger partial charge in [-0.25, -0.2) is 4.79 Å². The van der Waals surface area contributed by atoms with E-state index in [0.29, 0.717) is 5.57 Å². The number of aliphatic hydroxyl groups excluding tert-OH is 1. The normalized spacial score (nSPS) is 8.95. The Morgan fingerprint density at radius 1 is 1.26 bits per heavy atom. The molecule has 0 heterocycles. The first-order valence-electron chi connectivity index (χ1n) is 5.18. The van der Waals surface area contributed by atoms with Gasteiger partial charge in [-0.15, -0.1) is 0 Å². The summed E-state index contributed by atoms with van der Waals surface area (Å²) < 4.78 is 9.45. The van der Waals surface area contributed by atoms with Crippen LogP contribution in [0.15, 0.2) is 36.6 Å². The molecule has 0 spiro atoms. The van der Waals surface area contributed by atoms with Crippen LogP contribution in [-0.2, 0) is 47.0 Å². The van der Waals surface area contributed by atoms with Crippen molar-refractivity contribution in [3.63, 3.8) is 0 Å². The molecule has 105 valence electrons. The Morgan fingerprint density at radius 3 is 2.11 bits per heavy atom. The SMILES string of the molecule is CCO.COC=C(C(=O)OC)c1ccccc1.[CH3-].[Y]. The van der Waals surface area contributed by atoms with E-state index >= 15 is 0 Å². The average molecular weight is 342 g/mol. The molecule has 19 heavy (non-hydrogen) atoms. The molecular formula is C14H21O4Y-. The van der Waals surface area contributed by atoms with Crippen LogP contribution in [-0.4, -0.2) is 31.9 Å². The first-order valence-corrected chi connectivity index (χ1v) is 5.18. The summed E-state index contributed by atoms with van der Waals surface area (Å²) in [6.45, 7) is 1.93. The van der Waals surface area contributed by atoms with E-state index in [-0.39, 0.29) is 46.7 Å². The van der Waals surface area contributed by atoms with Gasteiger partial charge in [0, 0.05) is 39.3 Å². The molecule has 0 aliphatic rings. The summed E-state index contributed by atoms with van der Waals surface area (Å²) >= 11 is 0. The molecule has 0 bridgehead atoms. The number of benzene rings is 1. The number of hydrogen-bond acceptors (Lipinski definition) is 4. The molecule has 0 saturated heterocycles. The maximum absolute atomic E-state index is 11.3. The Bertz CT molecular complexity index is 350. The van der Waals surface area contributed by atoms with Crippen molar-refractivity contribution in [3.05, 3.63) is 49.6 Å². The van der Waals surface area contributed by atoms with E-state index in [9.17, 15) is 4.79 Å². The average Bonchev–Trinajstić information content (AvgIpc) is 2.37. The minimum atomic E-state index is -0.405. The minimum Gasteiger partial charge on any atom is -0.503 e.